The topological polar surface area (TPSA) is 72.2 Å². The fourth-order valence-electron chi connectivity index (χ4n) is 2.57. The number of amides is 1. The normalized spacial score (nSPS) is 16.8. The molecule has 1 fully saturated rings. The maximum Gasteiger partial charge on any atom is 0.225 e. The van der Waals surface area contributed by atoms with Gasteiger partial charge in [0.25, 0.3) is 0 Å². The number of benzene rings is 1. The Bertz CT molecular complexity index is 530. The average Bonchev–Trinajstić information content (AvgIpc) is 2.93. The summed E-state index contributed by atoms with van der Waals surface area (Å²) in [6.45, 7) is 0. The second-order valence-electron chi connectivity index (χ2n) is 5.50. The van der Waals surface area contributed by atoms with Crippen molar-refractivity contribution in [3.8, 4) is 0 Å². The summed E-state index contributed by atoms with van der Waals surface area (Å²) >= 11 is 5.82. The third kappa shape index (κ3) is 5.32. The molecule has 21 heavy (non-hydrogen) atoms. The van der Waals surface area contributed by atoms with Crippen LogP contribution in [0.2, 0.25) is 5.02 Å². The molecule has 0 aromatic heterocycles. The molecule has 0 bridgehead atoms. The third-order valence-electron chi connectivity index (χ3n) is 3.73. The molecular formula is C15H21ClN2O2S. The second kappa shape index (κ2) is 7.80. The van der Waals surface area contributed by atoms with Gasteiger partial charge in [-0.05, 0) is 37.0 Å². The molecule has 1 atom stereocenters. The van der Waals surface area contributed by atoms with Gasteiger partial charge in [-0.15, -0.1) is 0 Å². The predicted octanol–water partition coefficient (Wildman–Crippen LogP) is 3.19. The SMILES string of the molecule is Nc1cc(NC(=O)CCS(=O)CC2CCCC2)ccc1Cl. The molecule has 0 aliphatic heterocycles. The number of anilines is 2. The van der Waals surface area contributed by atoms with Crippen LogP contribution in [0.3, 0.4) is 0 Å². The monoisotopic (exact) mass is 328 g/mol. The first-order valence-electron chi connectivity index (χ1n) is 7.24. The Labute approximate surface area is 132 Å². The number of halogens is 1. The van der Waals surface area contributed by atoms with Crippen LogP contribution in [0.1, 0.15) is 32.1 Å². The maximum absolute atomic E-state index is 11.9. The first-order valence-corrected chi connectivity index (χ1v) is 9.11. The Morgan fingerprint density at radius 3 is 2.76 bits per heavy atom. The number of nitrogen functional groups attached to an aromatic ring is 1. The van der Waals surface area contributed by atoms with E-state index in [0.717, 1.165) is 5.75 Å². The summed E-state index contributed by atoms with van der Waals surface area (Å²) in [6.07, 6.45) is 5.13. The molecule has 3 N–H and O–H groups in total. The molecule has 6 heteroatoms. The Morgan fingerprint density at radius 2 is 2.10 bits per heavy atom. The van der Waals surface area contributed by atoms with Crippen molar-refractivity contribution in [3.05, 3.63) is 23.2 Å². The van der Waals surface area contributed by atoms with Crippen LogP contribution in [0.5, 0.6) is 0 Å². The van der Waals surface area contributed by atoms with Crippen molar-refractivity contribution >= 4 is 39.7 Å². The zero-order chi connectivity index (χ0) is 15.2. The lowest BCUT2D eigenvalue weighted by atomic mass is 10.1. The predicted molar refractivity (Wildman–Crippen MR) is 88.9 cm³/mol. The number of nitrogens with one attached hydrogen (secondary N) is 1. The Morgan fingerprint density at radius 1 is 1.38 bits per heavy atom. The Hall–Kier alpha value is -1.07. The lowest BCUT2D eigenvalue weighted by Crippen LogP contribution is -2.17. The lowest BCUT2D eigenvalue weighted by Gasteiger charge is -2.09. The molecule has 116 valence electrons. The van der Waals surface area contributed by atoms with E-state index < -0.39 is 10.8 Å². The van der Waals surface area contributed by atoms with Crippen molar-refractivity contribution in [2.45, 2.75) is 32.1 Å². The molecule has 0 radical (unpaired) electrons. The van der Waals surface area contributed by atoms with Gasteiger partial charge in [-0.2, -0.15) is 0 Å². The van der Waals surface area contributed by atoms with E-state index in [4.69, 9.17) is 17.3 Å². The van der Waals surface area contributed by atoms with Crippen LogP contribution in [0.25, 0.3) is 0 Å². The Kier molecular flexibility index (Phi) is 6.06. The zero-order valence-electron chi connectivity index (χ0n) is 11.9. The van der Waals surface area contributed by atoms with Crippen molar-refractivity contribution in [1.82, 2.24) is 0 Å². The zero-order valence-corrected chi connectivity index (χ0v) is 13.5. The van der Waals surface area contributed by atoms with E-state index in [-0.39, 0.29) is 12.3 Å². The highest BCUT2D eigenvalue weighted by Crippen LogP contribution is 2.25. The molecule has 1 aromatic carbocycles. The fourth-order valence-corrected chi connectivity index (χ4v) is 4.13. The molecule has 1 unspecified atom stereocenters. The van der Waals surface area contributed by atoms with Gasteiger partial charge in [-0.1, -0.05) is 24.4 Å². The third-order valence-corrected chi connectivity index (χ3v) is 5.58. The molecular weight excluding hydrogens is 308 g/mol. The summed E-state index contributed by atoms with van der Waals surface area (Å²) in [6, 6.07) is 4.96. The molecule has 1 aliphatic carbocycles. The molecule has 1 aliphatic rings. The highest BCUT2D eigenvalue weighted by molar-refractivity contribution is 7.85. The highest BCUT2D eigenvalue weighted by atomic mass is 35.5. The number of nitrogens with two attached hydrogens (primary N) is 1. The minimum atomic E-state index is -0.903. The molecule has 0 spiro atoms. The summed E-state index contributed by atoms with van der Waals surface area (Å²) in [5.41, 5.74) is 6.72. The summed E-state index contributed by atoms with van der Waals surface area (Å²) in [5, 5.41) is 3.21. The van der Waals surface area contributed by atoms with Crippen molar-refractivity contribution in [1.29, 1.82) is 0 Å². The number of hydrogen-bond donors (Lipinski definition) is 2. The molecule has 1 saturated carbocycles. The quantitative estimate of drug-likeness (QED) is 0.788. The lowest BCUT2D eigenvalue weighted by molar-refractivity contribution is -0.115. The first-order chi connectivity index (χ1) is 10.0. The van der Waals surface area contributed by atoms with Gasteiger partial charge in [0.15, 0.2) is 0 Å². The molecule has 2 rings (SSSR count). The van der Waals surface area contributed by atoms with Crippen LogP contribution in [-0.2, 0) is 15.6 Å². The van der Waals surface area contributed by atoms with E-state index in [1.807, 2.05) is 0 Å². The van der Waals surface area contributed by atoms with Gasteiger partial charge in [0.05, 0.1) is 10.7 Å². The molecule has 0 saturated heterocycles. The molecule has 4 nitrogen and oxygen atoms in total. The van der Waals surface area contributed by atoms with Crippen molar-refractivity contribution in [2.75, 3.05) is 22.6 Å². The maximum atomic E-state index is 11.9. The van der Waals surface area contributed by atoms with Crippen LogP contribution >= 0.6 is 11.6 Å². The van der Waals surface area contributed by atoms with Gasteiger partial charge >= 0.3 is 0 Å². The van der Waals surface area contributed by atoms with Crippen LogP contribution < -0.4 is 11.1 Å². The molecule has 1 amide bonds. The average molecular weight is 329 g/mol. The second-order valence-corrected chi connectivity index (χ2v) is 7.52. The number of carbonyl (C=O) groups excluding carboxylic acids is 1. The van der Waals surface area contributed by atoms with Gasteiger partial charge in [0, 0.05) is 34.4 Å². The summed E-state index contributed by atoms with van der Waals surface area (Å²) in [5.74, 6) is 1.61. The number of carbonyl (C=O) groups is 1. The molecule has 0 heterocycles. The standard InChI is InChI=1S/C15H21ClN2O2S/c16-13-6-5-12(9-14(13)17)18-15(19)7-8-21(20)10-11-3-1-2-4-11/h5-6,9,11H,1-4,7-8,10,17H2,(H,18,19). The van der Waals surface area contributed by atoms with Crippen molar-refractivity contribution in [2.24, 2.45) is 5.92 Å². The van der Waals surface area contributed by atoms with Gasteiger partial charge in [0.1, 0.15) is 0 Å². The van der Waals surface area contributed by atoms with Crippen molar-refractivity contribution < 1.29 is 9.00 Å². The van der Waals surface area contributed by atoms with Gasteiger partial charge in [-0.25, -0.2) is 0 Å². The fraction of sp³-hybridized carbons (Fsp3) is 0.533. The Balaban J connectivity index is 1.73. The van der Waals surface area contributed by atoms with E-state index >= 15 is 0 Å². The largest absolute Gasteiger partial charge is 0.397 e. The van der Waals surface area contributed by atoms with Gasteiger partial charge < -0.3 is 11.1 Å². The van der Waals surface area contributed by atoms with E-state index in [9.17, 15) is 9.00 Å². The summed E-state index contributed by atoms with van der Waals surface area (Å²) in [4.78, 5) is 11.8. The van der Waals surface area contributed by atoms with Gasteiger partial charge in [0.2, 0.25) is 5.91 Å². The summed E-state index contributed by atoms with van der Waals surface area (Å²) < 4.78 is 11.9. The number of hydrogen-bond acceptors (Lipinski definition) is 3. The van der Waals surface area contributed by atoms with Gasteiger partial charge in [-0.3, -0.25) is 9.00 Å². The smallest absolute Gasteiger partial charge is 0.225 e. The van der Waals surface area contributed by atoms with E-state index in [1.165, 1.54) is 25.7 Å². The van der Waals surface area contributed by atoms with E-state index in [1.54, 1.807) is 18.2 Å². The molecule has 1 aromatic rings. The summed E-state index contributed by atoms with van der Waals surface area (Å²) in [7, 11) is -0.903. The number of rotatable bonds is 6. The van der Waals surface area contributed by atoms with Crippen molar-refractivity contribution in [3.63, 3.8) is 0 Å². The van der Waals surface area contributed by atoms with Crippen LogP contribution in [-0.4, -0.2) is 21.6 Å². The van der Waals surface area contributed by atoms with E-state index in [0.29, 0.717) is 28.1 Å². The first kappa shape index (κ1) is 16.3. The van der Waals surface area contributed by atoms with Crippen LogP contribution in [0.15, 0.2) is 18.2 Å². The van der Waals surface area contributed by atoms with E-state index in [2.05, 4.69) is 5.32 Å². The van der Waals surface area contributed by atoms with Crippen LogP contribution in [0, 0.1) is 5.92 Å². The van der Waals surface area contributed by atoms with Crippen LogP contribution in [0.4, 0.5) is 11.4 Å². The highest BCUT2D eigenvalue weighted by Gasteiger charge is 2.18. The minimum Gasteiger partial charge on any atom is -0.397 e. The minimum absolute atomic E-state index is 0.142.